The molecule has 3 heterocycles. The van der Waals surface area contributed by atoms with Crippen molar-refractivity contribution in [2.24, 2.45) is 0 Å². The summed E-state index contributed by atoms with van der Waals surface area (Å²) in [6.45, 7) is 5.75. The molecule has 0 saturated heterocycles. The molecule has 2 N–H and O–H groups in total. The van der Waals surface area contributed by atoms with Crippen molar-refractivity contribution in [2.45, 2.75) is 52.1 Å². The van der Waals surface area contributed by atoms with Crippen LogP contribution in [-0.2, 0) is 30.7 Å². The molecule has 6 heteroatoms. The van der Waals surface area contributed by atoms with Crippen molar-refractivity contribution >= 4 is 22.2 Å². The Morgan fingerprint density at radius 3 is 3.04 bits per heavy atom. The van der Waals surface area contributed by atoms with Crippen LogP contribution in [0.15, 0.2) is 18.7 Å². The lowest BCUT2D eigenvalue weighted by molar-refractivity contribution is -0.916. The van der Waals surface area contributed by atoms with Crippen LogP contribution in [0.25, 0.3) is 0 Å². The highest BCUT2D eigenvalue weighted by molar-refractivity contribution is 7.16. The van der Waals surface area contributed by atoms with Crippen molar-refractivity contribution in [2.75, 3.05) is 18.1 Å². The number of rotatable bonds is 4. The number of anilines is 1. The molecule has 1 amide bonds. The van der Waals surface area contributed by atoms with E-state index in [1.54, 1.807) is 17.4 Å². The van der Waals surface area contributed by atoms with Crippen LogP contribution < -0.4 is 14.4 Å². The minimum atomic E-state index is 0.187. The number of thiophene rings is 1. The van der Waals surface area contributed by atoms with E-state index in [-0.39, 0.29) is 5.91 Å². The fourth-order valence-corrected chi connectivity index (χ4v) is 5.46. The lowest BCUT2D eigenvalue weighted by Gasteiger charge is -2.32. The summed E-state index contributed by atoms with van der Waals surface area (Å²) in [6.07, 6.45) is 12.2. The number of nitrogens with one attached hydrogen (secondary N) is 2. The lowest BCUT2D eigenvalue weighted by atomic mass is 9.94. The standard InChI is InChI=1S/C18H24N4OS/c1-14(23)22-13-21(9-4-8-20-10-7-19-12-20)11-16-15-5-2-3-6-17(15)24-18(16)22/h7,10,12H,2-6,8-9,11,13H2,1H3/p+2. The molecule has 0 saturated carbocycles. The van der Waals surface area contributed by atoms with Crippen molar-refractivity contribution in [3.8, 4) is 0 Å². The van der Waals surface area contributed by atoms with E-state index in [9.17, 15) is 4.79 Å². The van der Waals surface area contributed by atoms with Crippen LogP contribution in [0, 0.1) is 0 Å². The first-order valence-corrected chi connectivity index (χ1v) is 9.81. The van der Waals surface area contributed by atoms with E-state index < -0.39 is 0 Å². The van der Waals surface area contributed by atoms with Gasteiger partial charge in [0.05, 0.1) is 13.1 Å². The molecule has 4 rings (SSSR count). The molecule has 5 nitrogen and oxygen atoms in total. The van der Waals surface area contributed by atoms with Gasteiger partial charge in [0.15, 0.2) is 6.67 Å². The number of quaternary nitrogens is 1. The maximum absolute atomic E-state index is 12.2. The summed E-state index contributed by atoms with van der Waals surface area (Å²) in [5, 5.41) is 1.25. The number of carbonyl (C=O) groups excluding carboxylic acids is 1. The summed E-state index contributed by atoms with van der Waals surface area (Å²) < 4.78 is 2.18. The van der Waals surface area contributed by atoms with Gasteiger partial charge in [-0.3, -0.25) is 14.7 Å². The van der Waals surface area contributed by atoms with Crippen LogP contribution in [0.2, 0.25) is 0 Å². The Hall–Kier alpha value is -1.66. The number of amides is 1. The molecule has 2 aromatic rings. The zero-order valence-electron chi connectivity index (χ0n) is 14.3. The Bertz CT molecular complexity index is 722. The van der Waals surface area contributed by atoms with E-state index in [1.165, 1.54) is 41.1 Å². The molecule has 0 fully saturated rings. The van der Waals surface area contributed by atoms with Crippen molar-refractivity contribution in [3.63, 3.8) is 0 Å². The van der Waals surface area contributed by atoms with Gasteiger partial charge in [0.25, 0.3) is 0 Å². The zero-order chi connectivity index (χ0) is 16.5. The van der Waals surface area contributed by atoms with Crippen molar-refractivity contribution in [1.29, 1.82) is 0 Å². The fraction of sp³-hybridized carbons (Fsp3) is 0.556. The van der Waals surface area contributed by atoms with E-state index in [1.807, 2.05) is 28.8 Å². The van der Waals surface area contributed by atoms with Gasteiger partial charge in [0.2, 0.25) is 12.2 Å². The predicted molar refractivity (Wildman–Crippen MR) is 94.1 cm³/mol. The molecular weight excluding hydrogens is 320 g/mol. The van der Waals surface area contributed by atoms with Crippen LogP contribution >= 0.6 is 11.3 Å². The van der Waals surface area contributed by atoms with Gasteiger partial charge in [-0.1, -0.05) is 0 Å². The van der Waals surface area contributed by atoms with Gasteiger partial charge in [-0.15, -0.1) is 11.3 Å². The molecule has 2 aliphatic rings. The van der Waals surface area contributed by atoms with Crippen LogP contribution in [0.3, 0.4) is 0 Å². The number of aryl methyl sites for hydroxylation is 2. The molecule has 2 aromatic heterocycles. The number of aromatic amines is 1. The van der Waals surface area contributed by atoms with Crippen LogP contribution in [0.1, 0.15) is 42.2 Å². The Morgan fingerprint density at radius 1 is 1.38 bits per heavy atom. The Labute approximate surface area is 146 Å². The third kappa shape index (κ3) is 3.00. The van der Waals surface area contributed by atoms with Crippen molar-refractivity contribution in [3.05, 3.63) is 34.7 Å². The molecule has 24 heavy (non-hydrogen) atoms. The smallest absolute Gasteiger partial charge is 0.241 e. The maximum atomic E-state index is 12.2. The molecule has 0 radical (unpaired) electrons. The van der Waals surface area contributed by atoms with Gasteiger partial charge in [0, 0.05) is 23.8 Å². The first-order chi connectivity index (χ1) is 11.7. The number of carbonyl (C=O) groups is 1. The van der Waals surface area contributed by atoms with Crippen LogP contribution in [0.4, 0.5) is 5.00 Å². The largest absolute Gasteiger partial charge is 0.313 e. The number of imidazole rings is 1. The summed E-state index contributed by atoms with van der Waals surface area (Å²) in [5.41, 5.74) is 3.05. The first-order valence-electron chi connectivity index (χ1n) is 8.99. The lowest BCUT2D eigenvalue weighted by Crippen LogP contribution is -3.13. The number of aromatic nitrogens is 2. The summed E-state index contributed by atoms with van der Waals surface area (Å²) in [4.78, 5) is 20.4. The number of fused-ring (bicyclic) bond motifs is 3. The monoisotopic (exact) mass is 346 g/mol. The van der Waals surface area contributed by atoms with Crippen LogP contribution in [-0.4, -0.2) is 24.1 Å². The molecule has 0 spiro atoms. The molecule has 1 aliphatic heterocycles. The topological polar surface area (TPSA) is 44.4 Å². The average Bonchev–Trinajstić information content (AvgIpc) is 3.21. The number of H-pyrrole nitrogens is 1. The van der Waals surface area contributed by atoms with Gasteiger partial charge in [0.1, 0.15) is 23.9 Å². The highest BCUT2D eigenvalue weighted by Crippen LogP contribution is 2.40. The number of nitrogens with zero attached hydrogens (tertiary/aromatic N) is 2. The summed E-state index contributed by atoms with van der Waals surface area (Å²) >= 11 is 1.88. The van der Waals surface area contributed by atoms with Crippen molar-refractivity contribution < 1.29 is 14.3 Å². The van der Waals surface area contributed by atoms with Gasteiger partial charge >= 0.3 is 0 Å². The predicted octanol–water partition coefficient (Wildman–Crippen LogP) is 1.04. The molecule has 1 aliphatic carbocycles. The summed E-state index contributed by atoms with van der Waals surface area (Å²) in [5.74, 6) is 0.187. The van der Waals surface area contributed by atoms with Gasteiger partial charge < -0.3 is 4.90 Å². The van der Waals surface area contributed by atoms with E-state index in [0.717, 1.165) is 32.7 Å². The SMILES string of the molecule is CC(=O)N1C[NH+](CCC[n+]2cc[nH]c2)Cc2c1sc1c2CCCC1. The number of hydrogen-bond donors (Lipinski definition) is 2. The molecule has 0 aromatic carbocycles. The molecule has 1 atom stereocenters. The van der Waals surface area contributed by atoms with Gasteiger partial charge in [-0.2, -0.15) is 0 Å². The summed E-state index contributed by atoms with van der Waals surface area (Å²) in [7, 11) is 0. The molecule has 0 bridgehead atoms. The van der Waals surface area contributed by atoms with E-state index >= 15 is 0 Å². The van der Waals surface area contributed by atoms with E-state index in [0.29, 0.717) is 0 Å². The van der Waals surface area contributed by atoms with E-state index in [4.69, 9.17) is 0 Å². The maximum Gasteiger partial charge on any atom is 0.241 e. The Balaban J connectivity index is 1.50. The Kier molecular flexibility index (Phi) is 4.41. The zero-order valence-corrected chi connectivity index (χ0v) is 15.1. The third-order valence-electron chi connectivity index (χ3n) is 5.24. The minimum absolute atomic E-state index is 0.187. The highest BCUT2D eigenvalue weighted by atomic mass is 32.1. The average molecular weight is 347 g/mol. The second-order valence-electron chi connectivity index (χ2n) is 6.98. The second kappa shape index (κ2) is 6.69. The van der Waals surface area contributed by atoms with E-state index in [2.05, 4.69) is 15.7 Å². The quantitative estimate of drug-likeness (QED) is 0.799. The van der Waals surface area contributed by atoms with Crippen LogP contribution in [0.5, 0.6) is 0 Å². The normalized spacial score (nSPS) is 19.9. The first kappa shape index (κ1) is 15.8. The molecule has 1 unspecified atom stereocenters. The number of hydrogen-bond acceptors (Lipinski definition) is 2. The third-order valence-corrected chi connectivity index (χ3v) is 6.60. The second-order valence-corrected chi connectivity index (χ2v) is 8.06. The fourth-order valence-electron chi connectivity index (χ4n) is 4.01. The summed E-state index contributed by atoms with van der Waals surface area (Å²) in [6, 6.07) is 0. The Morgan fingerprint density at radius 2 is 2.25 bits per heavy atom. The molecular formula is C18H26N4OS+2. The minimum Gasteiger partial charge on any atom is -0.313 e. The van der Waals surface area contributed by atoms with Gasteiger partial charge in [-0.05, 0) is 31.2 Å². The molecule has 128 valence electrons. The van der Waals surface area contributed by atoms with Crippen molar-refractivity contribution in [1.82, 2.24) is 4.98 Å². The van der Waals surface area contributed by atoms with Gasteiger partial charge in [-0.25, -0.2) is 4.57 Å². The highest BCUT2D eigenvalue weighted by Gasteiger charge is 2.33.